The Morgan fingerprint density at radius 1 is 1.53 bits per heavy atom. The lowest BCUT2D eigenvalue weighted by atomic mass is 10.0. The third kappa shape index (κ3) is 3.16. The minimum atomic E-state index is 0.106. The van der Waals surface area contributed by atoms with Crippen LogP contribution in [0.25, 0.3) is 0 Å². The molecule has 92 valence electrons. The first-order valence-electron chi connectivity index (χ1n) is 5.81. The number of hydrogen-bond donors (Lipinski definition) is 1. The van der Waals surface area contributed by atoms with E-state index in [4.69, 9.17) is 4.74 Å². The number of carbonyl (C=O) groups is 1. The van der Waals surface area contributed by atoms with Crippen molar-refractivity contribution in [3.05, 3.63) is 29.8 Å². The van der Waals surface area contributed by atoms with Gasteiger partial charge in [-0.05, 0) is 12.3 Å². The van der Waals surface area contributed by atoms with E-state index in [1.165, 1.54) is 0 Å². The topological polar surface area (TPSA) is 38.3 Å². The fourth-order valence-corrected chi connectivity index (χ4v) is 2.34. The van der Waals surface area contributed by atoms with Gasteiger partial charge in [-0.25, -0.2) is 0 Å². The van der Waals surface area contributed by atoms with E-state index in [2.05, 4.69) is 5.32 Å². The summed E-state index contributed by atoms with van der Waals surface area (Å²) in [4.78, 5) is 11.7. The van der Waals surface area contributed by atoms with Gasteiger partial charge in [0.2, 0.25) is 5.91 Å². The standard InChI is InChI=1S/C13H17NO2S/c1-17-9-7-13(15)14-11-6-8-16-12-5-3-2-4-10(11)12/h2-5,11H,6-9H2,1H3,(H,14,15)/t11-/m0/s1. The van der Waals surface area contributed by atoms with E-state index in [9.17, 15) is 4.79 Å². The molecule has 0 fully saturated rings. The highest BCUT2D eigenvalue weighted by atomic mass is 32.2. The van der Waals surface area contributed by atoms with Crippen molar-refractivity contribution in [2.45, 2.75) is 18.9 Å². The summed E-state index contributed by atoms with van der Waals surface area (Å²) in [5.41, 5.74) is 1.09. The molecule has 0 bridgehead atoms. The lowest BCUT2D eigenvalue weighted by Crippen LogP contribution is -2.32. The molecule has 0 saturated carbocycles. The number of rotatable bonds is 4. The molecule has 0 unspecified atom stereocenters. The Bertz CT molecular complexity index is 395. The number of hydrogen-bond acceptors (Lipinski definition) is 3. The van der Waals surface area contributed by atoms with E-state index in [1.54, 1.807) is 11.8 Å². The molecule has 4 heteroatoms. The van der Waals surface area contributed by atoms with Crippen molar-refractivity contribution < 1.29 is 9.53 Å². The zero-order chi connectivity index (χ0) is 12.1. The SMILES string of the molecule is CSCCC(=O)N[C@H]1CCOc2ccccc21. The molecule has 1 heterocycles. The number of benzene rings is 1. The molecule has 0 radical (unpaired) electrons. The van der Waals surface area contributed by atoms with Crippen molar-refractivity contribution in [3.8, 4) is 5.75 Å². The van der Waals surface area contributed by atoms with Crippen molar-refractivity contribution in [2.24, 2.45) is 0 Å². The zero-order valence-corrected chi connectivity index (χ0v) is 10.8. The van der Waals surface area contributed by atoms with Crippen LogP contribution in [0, 0.1) is 0 Å². The molecule has 1 aromatic rings. The van der Waals surface area contributed by atoms with Crippen LogP contribution in [-0.2, 0) is 4.79 Å². The number of para-hydroxylation sites is 1. The summed E-state index contributed by atoms with van der Waals surface area (Å²) in [5, 5.41) is 3.08. The summed E-state index contributed by atoms with van der Waals surface area (Å²) in [6.45, 7) is 0.671. The summed E-state index contributed by atoms with van der Waals surface area (Å²) < 4.78 is 5.56. The predicted molar refractivity (Wildman–Crippen MR) is 70.4 cm³/mol. The van der Waals surface area contributed by atoms with Gasteiger partial charge in [0.15, 0.2) is 0 Å². The number of carbonyl (C=O) groups excluding carboxylic acids is 1. The van der Waals surface area contributed by atoms with E-state index in [0.29, 0.717) is 13.0 Å². The number of ether oxygens (including phenoxy) is 1. The van der Waals surface area contributed by atoms with E-state index in [-0.39, 0.29) is 11.9 Å². The minimum absolute atomic E-state index is 0.106. The highest BCUT2D eigenvalue weighted by Crippen LogP contribution is 2.31. The summed E-state index contributed by atoms with van der Waals surface area (Å²) in [6, 6.07) is 8.02. The second kappa shape index (κ2) is 5.96. The summed E-state index contributed by atoms with van der Waals surface area (Å²) in [6.07, 6.45) is 3.44. The summed E-state index contributed by atoms with van der Waals surface area (Å²) >= 11 is 1.69. The van der Waals surface area contributed by atoms with Gasteiger partial charge in [-0.15, -0.1) is 0 Å². The number of nitrogens with one attached hydrogen (secondary N) is 1. The first-order chi connectivity index (χ1) is 8.31. The van der Waals surface area contributed by atoms with Crippen molar-refractivity contribution in [3.63, 3.8) is 0 Å². The first kappa shape index (κ1) is 12.3. The zero-order valence-electron chi connectivity index (χ0n) is 9.94. The van der Waals surface area contributed by atoms with Gasteiger partial charge in [0.05, 0.1) is 12.6 Å². The molecular weight excluding hydrogens is 234 g/mol. The average Bonchev–Trinajstić information content (AvgIpc) is 2.37. The van der Waals surface area contributed by atoms with Crippen molar-refractivity contribution in [1.29, 1.82) is 0 Å². The minimum Gasteiger partial charge on any atom is -0.493 e. The van der Waals surface area contributed by atoms with Gasteiger partial charge in [0, 0.05) is 24.2 Å². The molecule has 1 aliphatic rings. The Morgan fingerprint density at radius 2 is 2.35 bits per heavy atom. The van der Waals surface area contributed by atoms with Crippen LogP contribution in [0.3, 0.4) is 0 Å². The molecule has 2 rings (SSSR count). The Morgan fingerprint density at radius 3 is 3.18 bits per heavy atom. The molecule has 1 amide bonds. The van der Waals surface area contributed by atoms with Crippen LogP contribution in [0.5, 0.6) is 5.75 Å². The fourth-order valence-electron chi connectivity index (χ4n) is 1.95. The van der Waals surface area contributed by atoms with Crippen molar-refractivity contribution >= 4 is 17.7 Å². The molecule has 0 aliphatic carbocycles. The smallest absolute Gasteiger partial charge is 0.221 e. The highest BCUT2D eigenvalue weighted by molar-refractivity contribution is 7.98. The molecule has 17 heavy (non-hydrogen) atoms. The Hall–Kier alpha value is -1.16. The van der Waals surface area contributed by atoms with Gasteiger partial charge in [-0.2, -0.15) is 11.8 Å². The van der Waals surface area contributed by atoms with Crippen LogP contribution in [0.1, 0.15) is 24.4 Å². The molecular formula is C13H17NO2S. The van der Waals surface area contributed by atoms with Crippen LogP contribution < -0.4 is 10.1 Å². The van der Waals surface area contributed by atoms with Gasteiger partial charge in [0.25, 0.3) is 0 Å². The third-order valence-electron chi connectivity index (χ3n) is 2.83. The van der Waals surface area contributed by atoms with E-state index in [0.717, 1.165) is 23.5 Å². The van der Waals surface area contributed by atoms with Crippen LogP contribution in [0.2, 0.25) is 0 Å². The maximum atomic E-state index is 11.7. The fraction of sp³-hybridized carbons (Fsp3) is 0.462. The van der Waals surface area contributed by atoms with Gasteiger partial charge < -0.3 is 10.1 Å². The van der Waals surface area contributed by atoms with Crippen LogP contribution in [-0.4, -0.2) is 24.5 Å². The van der Waals surface area contributed by atoms with Crippen LogP contribution >= 0.6 is 11.8 Å². The summed E-state index contributed by atoms with van der Waals surface area (Å²) in [5.74, 6) is 1.89. The highest BCUT2D eigenvalue weighted by Gasteiger charge is 2.22. The van der Waals surface area contributed by atoms with Crippen LogP contribution in [0.15, 0.2) is 24.3 Å². The lowest BCUT2D eigenvalue weighted by molar-refractivity contribution is -0.121. The molecule has 1 atom stereocenters. The van der Waals surface area contributed by atoms with Gasteiger partial charge in [-0.1, -0.05) is 18.2 Å². The predicted octanol–water partition coefficient (Wildman–Crippen LogP) is 2.38. The second-order valence-corrected chi connectivity index (χ2v) is 5.02. The maximum Gasteiger partial charge on any atom is 0.221 e. The largest absolute Gasteiger partial charge is 0.493 e. The van der Waals surface area contributed by atoms with Gasteiger partial charge >= 0.3 is 0 Å². The summed E-state index contributed by atoms with van der Waals surface area (Å²) in [7, 11) is 0. The number of amides is 1. The second-order valence-electron chi connectivity index (χ2n) is 4.04. The van der Waals surface area contributed by atoms with E-state index in [1.807, 2.05) is 30.5 Å². The third-order valence-corrected chi connectivity index (χ3v) is 3.44. The molecule has 1 aromatic carbocycles. The quantitative estimate of drug-likeness (QED) is 0.893. The lowest BCUT2D eigenvalue weighted by Gasteiger charge is -2.26. The molecule has 1 aliphatic heterocycles. The van der Waals surface area contributed by atoms with Crippen LogP contribution in [0.4, 0.5) is 0 Å². The molecule has 0 aromatic heterocycles. The Balaban J connectivity index is 2.01. The molecule has 1 N–H and O–H groups in total. The average molecular weight is 251 g/mol. The Kier molecular flexibility index (Phi) is 4.31. The maximum absolute atomic E-state index is 11.7. The van der Waals surface area contributed by atoms with Crippen molar-refractivity contribution in [2.75, 3.05) is 18.6 Å². The van der Waals surface area contributed by atoms with E-state index >= 15 is 0 Å². The normalized spacial score (nSPS) is 18.1. The molecule has 3 nitrogen and oxygen atoms in total. The molecule has 0 saturated heterocycles. The molecule has 0 spiro atoms. The van der Waals surface area contributed by atoms with Gasteiger partial charge in [0.1, 0.15) is 5.75 Å². The van der Waals surface area contributed by atoms with Gasteiger partial charge in [-0.3, -0.25) is 4.79 Å². The number of thioether (sulfide) groups is 1. The first-order valence-corrected chi connectivity index (χ1v) is 7.20. The number of fused-ring (bicyclic) bond motifs is 1. The monoisotopic (exact) mass is 251 g/mol. The van der Waals surface area contributed by atoms with E-state index < -0.39 is 0 Å². The Labute approximate surface area is 106 Å². The van der Waals surface area contributed by atoms with Crippen molar-refractivity contribution in [1.82, 2.24) is 5.32 Å².